The van der Waals surface area contributed by atoms with Crippen LogP contribution in [0.15, 0.2) is 72.8 Å². The number of amides is 3. The Kier molecular flexibility index (Phi) is 7.32. The fourth-order valence-corrected chi connectivity index (χ4v) is 2.74. The third-order valence-electron chi connectivity index (χ3n) is 4.42. The number of carbonyl (C=O) groups is 3. The van der Waals surface area contributed by atoms with Crippen LogP contribution in [-0.2, 0) is 4.79 Å². The second-order valence-corrected chi connectivity index (χ2v) is 6.94. The van der Waals surface area contributed by atoms with Crippen LogP contribution in [0, 0.1) is 17.0 Å². The van der Waals surface area contributed by atoms with Crippen LogP contribution in [0.1, 0.15) is 26.3 Å². The highest BCUT2D eigenvalue weighted by molar-refractivity contribution is 6.04. The molecular weight excluding hydrogens is 428 g/mol. The Morgan fingerprint density at radius 1 is 0.879 bits per heavy atom. The number of nitro benzene ring substituents is 1. The largest absolute Gasteiger partial charge is 0.484 e. The standard InChI is InChI=1S/C23H20N4O6/c1-15-3-2-4-17(13-15)22(29)24-18-7-5-16(6-8-18)23(30)26-25-21(28)14-33-20-11-9-19(10-12-20)27(31)32/h2-13H,14H2,1H3,(H,24,29)(H,25,28)(H,26,30). The highest BCUT2D eigenvalue weighted by Gasteiger charge is 2.11. The Morgan fingerprint density at radius 3 is 2.21 bits per heavy atom. The molecule has 0 aromatic heterocycles. The molecule has 0 aliphatic carbocycles. The first-order valence-corrected chi connectivity index (χ1v) is 9.76. The predicted octanol–water partition coefficient (Wildman–Crippen LogP) is 3.00. The fourth-order valence-electron chi connectivity index (χ4n) is 2.74. The number of hydrogen-bond donors (Lipinski definition) is 3. The zero-order chi connectivity index (χ0) is 23.8. The molecule has 3 aromatic rings. The number of hydrazine groups is 1. The first-order valence-electron chi connectivity index (χ1n) is 9.76. The average Bonchev–Trinajstić information content (AvgIpc) is 2.82. The highest BCUT2D eigenvalue weighted by atomic mass is 16.6. The SMILES string of the molecule is Cc1cccc(C(=O)Nc2ccc(C(=O)NNC(=O)COc3ccc([N+](=O)[O-])cc3)cc2)c1. The number of nitrogens with one attached hydrogen (secondary N) is 3. The minimum Gasteiger partial charge on any atom is -0.484 e. The molecule has 33 heavy (non-hydrogen) atoms. The van der Waals surface area contributed by atoms with Gasteiger partial charge in [-0.05, 0) is 55.5 Å². The molecule has 0 saturated heterocycles. The minimum atomic E-state index is -0.622. The van der Waals surface area contributed by atoms with Crippen molar-refractivity contribution in [1.82, 2.24) is 10.9 Å². The molecule has 0 bridgehead atoms. The Bertz CT molecular complexity index is 1180. The van der Waals surface area contributed by atoms with E-state index in [1.54, 1.807) is 30.3 Å². The van der Waals surface area contributed by atoms with E-state index in [-0.39, 0.29) is 22.9 Å². The zero-order valence-corrected chi connectivity index (χ0v) is 17.5. The van der Waals surface area contributed by atoms with Crippen LogP contribution >= 0.6 is 0 Å². The summed E-state index contributed by atoms with van der Waals surface area (Å²) in [5.74, 6) is -1.18. The van der Waals surface area contributed by atoms with Crippen LogP contribution in [0.4, 0.5) is 11.4 Å². The predicted molar refractivity (Wildman–Crippen MR) is 120 cm³/mol. The molecule has 10 nitrogen and oxygen atoms in total. The molecule has 3 amide bonds. The number of aryl methyl sites for hydroxylation is 1. The van der Waals surface area contributed by atoms with E-state index in [0.29, 0.717) is 11.3 Å². The van der Waals surface area contributed by atoms with Gasteiger partial charge in [-0.2, -0.15) is 0 Å². The van der Waals surface area contributed by atoms with Gasteiger partial charge in [-0.1, -0.05) is 17.7 Å². The van der Waals surface area contributed by atoms with Crippen molar-refractivity contribution in [3.05, 3.63) is 99.6 Å². The first kappa shape index (κ1) is 22.9. The van der Waals surface area contributed by atoms with Crippen LogP contribution in [-0.4, -0.2) is 29.3 Å². The number of benzene rings is 3. The lowest BCUT2D eigenvalue weighted by atomic mass is 10.1. The van der Waals surface area contributed by atoms with Gasteiger partial charge >= 0.3 is 0 Å². The van der Waals surface area contributed by atoms with Crippen LogP contribution in [0.25, 0.3) is 0 Å². The number of nitro groups is 1. The van der Waals surface area contributed by atoms with Gasteiger partial charge in [-0.15, -0.1) is 0 Å². The minimum absolute atomic E-state index is 0.0974. The Labute approximate surface area is 188 Å². The molecule has 3 rings (SSSR count). The molecular formula is C23H20N4O6. The van der Waals surface area contributed by atoms with Crippen LogP contribution in [0.2, 0.25) is 0 Å². The number of ether oxygens (including phenoxy) is 1. The second kappa shape index (κ2) is 10.5. The summed E-state index contributed by atoms with van der Waals surface area (Å²) in [5.41, 5.74) is 6.64. The summed E-state index contributed by atoms with van der Waals surface area (Å²) in [6.07, 6.45) is 0. The van der Waals surface area contributed by atoms with Gasteiger partial charge in [-0.3, -0.25) is 35.3 Å². The lowest BCUT2D eigenvalue weighted by Gasteiger charge is -2.10. The molecule has 0 fully saturated rings. The molecule has 0 radical (unpaired) electrons. The Morgan fingerprint density at radius 2 is 1.58 bits per heavy atom. The van der Waals surface area contributed by atoms with E-state index in [2.05, 4.69) is 16.2 Å². The number of nitrogens with zero attached hydrogens (tertiary/aromatic N) is 1. The zero-order valence-electron chi connectivity index (χ0n) is 17.5. The van der Waals surface area contributed by atoms with E-state index in [4.69, 9.17) is 4.74 Å². The molecule has 3 aromatic carbocycles. The molecule has 3 N–H and O–H groups in total. The molecule has 168 valence electrons. The molecule has 0 atom stereocenters. The van der Waals surface area contributed by atoms with E-state index in [0.717, 1.165) is 5.56 Å². The summed E-state index contributed by atoms with van der Waals surface area (Å²) in [4.78, 5) is 46.4. The quantitative estimate of drug-likeness (QED) is 0.375. The van der Waals surface area contributed by atoms with E-state index in [1.165, 1.54) is 36.4 Å². The van der Waals surface area contributed by atoms with Gasteiger partial charge in [0.2, 0.25) is 0 Å². The molecule has 0 saturated carbocycles. The third kappa shape index (κ3) is 6.62. The number of non-ortho nitro benzene ring substituents is 1. The summed E-state index contributed by atoms with van der Waals surface area (Å²) < 4.78 is 5.21. The second-order valence-electron chi connectivity index (χ2n) is 6.94. The highest BCUT2D eigenvalue weighted by Crippen LogP contribution is 2.17. The number of hydrogen-bond acceptors (Lipinski definition) is 6. The molecule has 0 aliphatic heterocycles. The van der Waals surface area contributed by atoms with Gasteiger partial charge in [0, 0.05) is 28.9 Å². The van der Waals surface area contributed by atoms with Gasteiger partial charge < -0.3 is 10.1 Å². The maximum Gasteiger partial charge on any atom is 0.276 e. The van der Waals surface area contributed by atoms with Crippen molar-refractivity contribution in [2.24, 2.45) is 0 Å². The lowest BCUT2D eigenvalue weighted by Crippen LogP contribution is -2.43. The van der Waals surface area contributed by atoms with E-state index in [1.807, 2.05) is 13.0 Å². The Hall–Kier alpha value is -4.73. The van der Waals surface area contributed by atoms with Gasteiger partial charge in [0.25, 0.3) is 23.4 Å². The number of carbonyl (C=O) groups excluding carboxylic acids is 3. The van der Waals surface area contributed by atoms with Gasteiger partial charge in [0.15, 0.2) is 6.61 Å². The van der Waals surface area contributed by atoms with Crippen molar-refractivity contribution in [2.45, 2.75) is 6.92 Å². The van der Waals surface area contributed by atoms with Gasteiger partial charge in [0.05, 0.1) is 4.92 Å². The summed E-state index contributed by atoms with van der Waals surface area (Å²) in [6, 6.07) is 18.5. The maximum absolute atomic E-state index is 12.3. The molecule has 10 heteroatoms. The van der Waals surface area contributed by atoms with Crippen molar-refractivity contribution in [3.8, 4) is 5.75 Å². The van der Waals surface area contributed by atoms with E-state index in [9.17, 15) is 24.5 Å². The first-order chi connectivity index (χ1) is 15.8. The van der Waals surface area contributed by atoms with Gasteiger partial charge in [0.1, 0.15) is 5.75 Å². The lowest BCUT2D eigenvalue weighted by molar-refractivity contribution is -0.384. The van der Waals surface area contributed by atoms with Crippen LogP contribution in [0.3, 0.4) is 0 Å². The van der Waals surface area contributed by atoms with Crippen molar-refractivity contribution in [2.75, 3.05) is 11.9 Å². The summed E-state index contributed by atoms with van der Waals surface area (Å²) in [6.45, 7) is 1.49. The van der Waals surface area contributed by atoms with Crippen molar-refractivity contribution < 1.29 is 24.0 Å². The molecule has 0 heterocycles. The van der Waals surface area contributed by atoms with Crippen LogP contribution < -0.4 is 20.9 Å². The summed E-state index contributed by atoms with van der Waals surface area (Å²) in [7, 11) is 0. The van der Waals surface area contributed by atoms with Gasteiger partial charge in [-0.25, -0.2) is 0 Å². The topological polar surface area (TPSA) is 140 Å². The monoisotopic (exact) mass is 448 g/mol. The Balaban J connectivity index is 1.45. The molecule has 0 unspecified atom stereocenters. The summed E-state index contributed by atoms with van der Waals surface area (Å²) >= 11 is 0. The van der Waals surface area contributed by atoms with E-state index >= 15 is 0 Å². The van der Waals surface area contributed by atoms with Crippen molar-refractivity contribution in [1.29, 1.82) is 0 Å². The van der Waals surface area contributed by atoms with Crippen LogP contribution in [0.5, 0.6) is 5.75 Å². The van der Waals surface area contributed by atoms with E-state index < -0.39 is 23.3 Å². The number of rotatable bonds is 7. The normalized spacial score (nSPS) is 10.1. The third-order valence-corrected chi connectivity index (χ3v) is 4.42. The number of anilines is 1. The van der Waals surface area contributed by atoms with Crippen molar-refractivity contribution in [3.63, 3.8) is 0 Å². The summed E-state index contributed by atoms with van der Waals surface area (Å²) in [5, 5.41) is 13.4. The fraction of sp³-hybridized carbons (Fsp3) is 0.0870. The molecule has 0 aliphatic rings. The molecule has 0 spiro atoms. The maximum atomic E-state index is 12.3. The van der Waals surface area contributed by atoms with Crippen molar-refractivity contribution >= 4 is 29.1 Å². The smallest absolute Gasteiger partial charge is 0.276 e. The average molecular weight is 448 g/mol.